The van der Waals surface area contributed by atoms with Crippen molar-refractivity contribution in [2.75, 3.05) is 0 Å². The molecule has 2 aromatic carbocycles. The van der Waals surface area contributed by atoms with Gasteiger partial charge >= 0.3 is 17.9 Å². The van der Waals surface area contributed by atoms with Crippen LogP contribution in [0.5, 0.6) is 5.75 Å². The van der Waals surface area contributed by atoms with Crippen LogP contribution in [0.3, 0.4) is 0 Å². The Morgan fingerprint density at radius 1 is 0.750 bits per heavy atom. The summed E-state index contributed by atoms with van der Waals surface area (Å²) in [6.45, 7) is 3.73. The lowest BCUT2D eigenvalue weighted by Gasteiger charge is -2.10. The molecule has 0 heterocycles. The summed E-state index contributed by atoms with van der Waals surface area (Å²) in [5, 5.41) is 0. The molecule has 0 saturated heterocycles. The quantitative estimate of drug-likeness (QED) is 0.114. The number of benzene rings is 2. The molecular formula is C25H28O7. The van der Waals surface area contributed by atoms with Crippen molar-refractivity contribution in [1.29, 1.82) is 0 Å². The maximum Gasteiger partial charge on any atom is 0.390 e. The normalized spacial score (nSPS) is 10.3. The number of ketones is 1. The Balaban J connectivity index is 2.12. The molecule has 0 N–H and O–H groups in total. The van der Waals surface area contributed by atoms with Gasteiger partial charge in [-0.15, -0.1) is 0 Å². The van der Waals surface area contributed by atoms with Crippen molar-refractivity contribution in [3.05, 3.63) is 65.2 Å². The van der Waals surface area contributed by atoms with Crippen LogP contribution in [0.1, 0.15) is 89.9 Å². The van der Waals surface area contributed by atoms with Gasteiger partial charge in [-0.2, -0.15) is 0 Å². The number of carbonyl (C=O) groups excluding carboxylic acids is 4. The Morgan fingerprint density at radius 3 is 2.12 bits per heavy atom. The van der Waals surface area contributed by atoms with Crippen LogP contribution in [0.15, 0.2) is 48.5 Å². The molecule has 0 aliphatic carbocycles. The molecule has 0 aliphatic heterocycles. The Bertz CT molecular complexity index is 935. The molecule has 2 rings (SSSR count). The first-order chi connectivity index (χ1) is 15.5. The summed E-state index contributed by atoms with van der Waals surface area (Å²) >= 11 is 0. The summed E-state index contributed by atoms with van der Waals surface area (Å²) in [4.78, 5) is 58.2. The second kappa shape index (κ2) is 13.0. The lowest BCUT2D eigenvalue weighted by Crippen LogP contribution is -2.15. The molecule has 7 heteroatoms. The average molecular weight is 440 g/mol. The molecule has 0 radical (unpaired) electrons. The van der Waals surface area contributed by atoms with Gasteiger partial charge in [0.25, 0.3) is 0 Å². The van der Waals surface area contributed by atoms with E-state index in [2.05, 4.69) is 16.7 Å². The van der Waals surface area contributed by atoms with Crippen molar-refractivity contribution in [3.8, 4) is 5.75 Å². The number of carbonyl (C=O) groups is 4. The average Bonchev–Trinajstić information content (AvgIpc) is 2.82. The van der Waals surface area contributed by atoms with Gasteiger partial charge in [-0.25, -0.2) is 19.4 Å². The summed E-state index contributed by atoms with van der Waals surface area (Å²) in [6.07, 6.45) is 5.46. The predicted molar refractivity (Wildman–Crippen MR) is 117 cm³/mol. The first kappa shape index (κ1) is 24.8. The first-order valence-electron chi connectivity index (χ1n) is 10.8. The van der Waals surface area contributed by atoms with E-state index < -0.39 is 17.9 Å². The number of unbranched alkanes of at least 4 members (excludes halogenated alkanes) is 4. The highest BCUT2D eigenvalue weighted by Gasteiger charge is 2.22. The molecule has 0 bridgehead atoms. The zero-order valence-corrected chi connectivity index (χ0v) is 18.4. The number of Topliss-reactive ketones (excluding diaryl/α,β-unsaturated/α-hetero) is 1. The lowest BCUT2D eigenvalue weighted by molar-refractivity contribution is -0.187. The zero-order valence-electron chi connectivity index (χ0n) is 18.4. The first-order valence-corrected chi connectivity index (χ1v) is 10.8. The van der Waals surface area contributed by atoms with Crippen LogP contribution in [0.4, 0.5) is 0 Å². The maximum atomic E-state index is 12.6. The van der Waals surface area contributed by atoms with Gasteiger partial charge in [0.1, 0.15) is 11.3 Å². The molecule has 2 aromatic rings. The van der Waals surface area contributed by atoms with Crippen molar-refractivity contribution < 1.29 is 33.7 Å². The summed E-state index contributed by atoms with van der Waals surface area (Å²) in [7, 11) is 0. The summed E-state index contributed by atoms with van der Waals surface area (Å²) in [5.74, 6) is -2.67. The van der Waals surface area contributed by atoms with Crippen LogP contribution in [0.25, 0.3) is 0 Å². The molecule has 170 valence electrons. The highest BCUT2D eigenvalue weighted by molar-refractivity contribution is 6.01. The van der Waals surface area contributed by atoms with Gasteiger partial charge in [0.15, 0.2) is 5.78 Å². The zero-order chi connectivity index (χ0) is 23.3. The van der Waals surface area contributed by atoms with E-state index in [1.54, 1.807) is 25.1 Å². The van der Waals surface area contributed by atoms with E-state index >= 15 is 0 Å². The fourth-order valence-electron chi connectivity index (χ4n) is 2.92. The van der Waals surface area contributed by atoms with E-state index in [4.69, 9.17) is 4.74 Å². The molecule has 0 saturated carbocycles. The van der Waals surface area contributed by atoms with Gasteiger partial charge in [-0.1, -0.05) is 57.7 Å². The van der Waals surface area contributed by atoms with Gasteiger partial charge in [0.05, 0.1) is 5.56 Å². The third-order valence-corrected chi connectivity index (χ3v) is 4.74. The van der Waals surface area contributed by atoms with Crippen LogP contribution in [0, 0.1) is 0 Å². The van der Waals surface area contributed by atoms with Crippen LogP contribution < -0.4 is 4.74 Å². The monoisotopic (exact) mass is 440 g/mol. The number of ether oxygens (including phenoxy) is 1. The van der Waals surface area contributed by atoms with E-state index in [9.17, 15) is 19.2 Å². The Labute approximate surface area is 187 Å². The Morgan fingerprint density at radius 2 is 1.44 bits per heavy atom. The highest BCUT2D eigenvalue weighted by Crippen LogP contribution is 2.24. The number of hydrogen-bond acceptors (Lipinski definition) is 7. The molecule has 0 aliphatic rings. The largest absolute Gasteiger partial charge is 0.426 e. The Kier molecular flexibility index (Phi) is 10.1. The molecule has 0 aromatic heterocycles. The van der Waals surface area contributed by atoms with Crippen LogP contribution in [-0.2, 0) is 14.6 Å². The van der Waals surface area contributed by atoms with Gasteiger partial charge in [0, 0.05) is 18.4 Å². The van der Waals surface area contributed by atoms with Gasteiger partial charge < -0.3 is 4.74 Å². The SMILES string of the molecule is CCCCCCCC(=O)c1ccc(OC(=O)CC)c(C(=O)OOC(=O)c2ccccc2)c1. The fourth-order valence-corrected chi connectivity index (χ4v) is 2.92. The van der Waals surface area contributed by atoms with E-state index in [1.165, 1.54) is 30.3 Å². The minimum Gasteiger partial charge on any atom is -0.426 e. The smallest absolute Gasteiger partial charge is 0.390 e. The highest BCUT2D eigenvalue weighted by atomic mass is 17.2. The van der Waals surface area contributed by atoms with Gasteiger partial charge in [-0.3, -0.25) is 9.59 Å². The van der Waals surface area contributed by atoms with Crippen molar-refractivity contribution in [3.63, 3.8) is 0 Å². The maximum absolute atomic E-state index is 12.6. The fraction of sp³-hybridized carbons (Fsp3) is 0.360. The van der Waals surface area contributed by atoms with Gasteiger partial charge in [-0.05, 0) is 36.8 Å². The number of hydrogen-bond donors (Lipinski definition) is 0. The molecule has 7 nitrogen and oxygen atoms in total. The standard InChI is InChI=1S/C25H28O7/c1-3-5-6-7-11-14-21(26)19-15-16-22(30-23(27)4-2)20(17-19)25(29)32-31-24(28)18-12-9-8-10-13-18/h8-10,12-13,15-17H,3-7,11,14H2,1-2H3. The molecular weight excluding hydrogens is 412 g/mol. The summed E-state index contributed by atoms with van der Waals surface area (Å²) in [5.41, 5.74) is 0.313. The van der Waals surface area contributed by atoms with Crippen molar-refractivity contribution in [2.24, 2.45) is 0 Å². The summed E-state index contributed by atoms with van der Waals surface area (Å²) < 4.78 is 5.18. The van der Waals surface area contributed by atoms with E-state index in [0.29, 0.717) is 6.42 Å². The molecule has 32 heavy (non-hydrogen) atoms. The number of esters is 1. The van der Waals surface area contributed by atoms with E-state index in [0.717, 1.165) is 32.1 Å². The lowest BCUT2D eigenvalue weighted by atomic mass is 10.0. The minimum absolute atomic E-state index is 0.0721. The van der Waals surface area contributed by atoms with Crippen LogP contribution >= 0.6 is 0 Å². The van der Waals surface area contributed by atoms with Crippen LogP contribution in [-0.4, -0.2) is 23.7 Å². The van der Waals surface area contributed by atoms with E-state index in [1.807, 2.05) is 0 Å². The number of rotatable bonds is 11. The third-order valence-electron chi connectivity index (χ3n) is 4.74. The Hall–Kier alpha value is -3.48. The minimum atomic E-state index is -1.05. The third kappa shape index (κ3) is 7.65. The molecule has 0 unspecified atom stereocenters. The van der Waals surface area contributed by atoms with E-state index in [-0.39, 0.29) is 34.6 Å². The molecule has 0 atom stereocenters. The predicted octanol–water partition coefficient (Wildman–Crippen LogP) is 5.47. The van der Waals surface area contributed by atoms with Crippen molar-refractivity contribution >= 4 is 23.7 Å². The topological polar surface area (TPSA) is 96.0 Å². The molecule has 0 fully saturated rings. The van der Waals surface area contributed by atoms with Gasteiger partial charge in [0.2, 0.25) is 0 Å². The second-order valence-corrected chi connectivity index (χ2v) is 7.23. The van der Waals surface area contributed by atoms with Crippen molar-refractivity contribution in [2.45, 2.75) is 58.8 Å². The second-order valence-electron chi connectivity index (χ2n) is 7.23. The van der Waals surface area contributed by atoms with Crippen LogP contribution in [0.2, 0.25) is 0 Å². The van der Waals surface area contributed by atoms with Crippen molar-refractivity contribution in [1.82, 2.24) is 0 Å². The molecule has 0 amide bonds. The summed E-state index contributed by atoms with van der Waals surface area (Å²) in [6, 6.07) is 12.2. The molecule has 0 spiro atoms.